The van der Waals surface area contributed by atoms with Crippen molar-refractivity contribution >= 4 is 34.5 Å². The third kappa shape index (κ3) is 6.46. The van der Waals surface area contributed by atoms with Crippen LogP contribution in [0.5, 0.6) is 0 Å². The van der Waals surface area contributed by atoms with Crippen molar-refractivity contribution in [3.05, 3.63) is 0 Å². The van der Waals surface area contributed by atoms with Crippen molar-refractivity contribution in [3.63, 3.8) is 0 Å². The van der Waals surface area contributed by atoms with E-state index in [4.69, 9.17) is 0 Å². The summed E-state index contributed by atoms with van der Waals surface area (Å²) in [4.78, 5) is 41.0. The molecule has 3 aliphatic rings. The summed E-state index contributed by atoms with van der Waals surface area (Å²) in [6, 6.07) is -0.385. The summed E-state index contributed by atoms with van der Waals surface area (Å²) in [5, 5.41) is 7.98. The van der Waals surface area contributed by atoms with E-state index < -0.39 is 17.7 Å². The summed E-state index contributed by atoms with van der Waals surface area (Å²) in [6.07, 6.45) is 11.2. The van der Waals surface area contributed by atoms with Gasteiger partial charge in [0.1, 0.15) is 6.04 Å². The molecule has 0 spiro atoms. The molecule has 7 nitrogen and oxygen atoms in total. The number of thioether (sulfide) groups is 1. The smallest absolute Gasteiger partial charge is 0.309 e. The van der Waals surface area contributed by atoms with Gasteiger partial charge < -0.3 is 10.2 Å². The highest BCUT2D eigenvalue weighted by Gasteiger charge is 2.36. The number of hydrogen-bond acceptors (Lipinski definition) is 5. The largest absolute Gasteiger partial charge is 0.347 e. The summed E-state index contributed by atoms with van der Waals surface area (Å²) >= 11 is 1.58. The lowest BCUT2D eigenvalue weighted by Gasteiger charge is -2.30. The van der Waals surface area contributed by atoms with Gasteiger partial charge in [0.15, 0.2) is 5.17 Å². The Labute approximate surface area is 190 Å². The molecule has 174 valence electrons. The highest BCUT2D eigenvalue weighted by atomic mass is 32.2. The predicted molar refractivity (Wildman–Crippen MR) is 125 cm³/mol. The third-order valence-electron chi connectivity index (χ3n) is 6.98. The van der Waals surface area contributed by atoms with Crippen LogP contribution >= 0.6 is 11.8 Å². The first kappa shape index (κ1) is 24.1. The summed E-state index contributed by atoms with van der Waals surface area (Å²) in [7, 11) is 0. The van der Waals surface area contributed by atoms with Gasteiger partial charge in [0.05, 0.1) is 0 Å². The van der Waals surface area contributed by atoms with Crippen LogP contribution in [-0.4, -0.2) is 52.0 Å². The van der Waals surface area contributed by atoms with Crippen molar-refractivity contribution in [1.29, 1.82) is 0 Å². The Bertz CT molecular complexity index is 670. The lowest BCUT2D eigenvalue weighted by atomic mass is 9.81. The van der Waals surface area contributed by atoms with Gasteiger partial charge in [0.25, 0.3) is 0 Å². The van der Waals surface area contributed by atoms with Crippen LogP contribution in [0.2, 0.25) is 0 Å². The molecule has 31 heavy (non-hydrogen) atoms. The lowest BCUT2D eigenvalue weighted by molar-refractivity contribution is -0.141. The quantitative estimate of drug-likeness (QED) is 0.352. The number of carbonyl (C=O) groups is 3. The van der Waals surface area contributed by atoms with Gasteiger partial charge in [-0.2, -0.15) is 0 Å². The molecule has 0 aromatic rings. The van der Waals surface area contributed by atoms with Gasteiger partial charge in [0, 0.05) is 24.3 Å². The second kappa shape index (κ2) is 11.9. The summed E-state index contributed by atoms with van der Waals surface area (Å²) < 4.78 is 0. The number of rotatable bonds is 7. The van der Waals surface area contributed by atoms with Crippen molar-refractivity contribution in [2.24, 2.45) is 16.9 Å². The number of nitrogens with zero attached hydrogens (tertiary/aromatic N) is 2. The minimum atomic E-state index is -0.742. The number of amides is 2. The van der Waals surface area contributed by atoms with Crippen LogP contribution in [0.15, 0.2) is 5.10 Å². The Balaban J connectivity index is 1.66. The summed E-state index contributed by atoms with van der Waals surface area (Å²) in [5.41, 5.74) is 2.48. The first-order valence-electron chi connectivity index (χ1n) is 12.1. The molecule has 1 unspecified atom stereocenters. The maximum atomic E-state index is 13.1. The van der Waals surface area contributed by atoms with Gasteiger partial charge in [-0.25, -0.2) is 5.43 Å². The average molecular weight is 451 g/mol. The molecule has 2 aliphatic carbocycles. The van der Waals surface area contributed by atoms with E-state index in [1.165, 1.54) is 12.8 Å². The summed E-state index contributed by atoms with van der Waals surface area (Å²) in [5.74, 6) is -0.430. The first-order valence-corrected chi connectivity index (χ1v) is 13.1. The zero-order chi connectivity index (χ0) is 22.2. The monoisotopic (exact) mass is 450 g/mol. The number of ketones is 1. The number of hydrazone groups is 1. The molecule has 0 aromatic carbocycles. The van der Waals surface area contributed by atoms with Crippen LogP contribution in [-0.2, 0) is 14.4 Å². The Morgan fingerprint density at radius 3 is 2.29 bits per heavy atom. The van der Waals surface area contributed by atoms with Crippen LogP contribution in [0.1, 0.15) is 84.5 Å². The van der Waals surface area contributed by atoms with E-state index in [1.54, 1.807) is 11.8 Å². The number of Topliss-reactive ketones (excluding diaryl/α,β-unsaturated/α-hetero) is 1. The zero-order valence-corrected chi connectivity index (χ0v) is 19.8. The topological polar surface area (TPSA) is 90.9 Å². The fraction of sp³-hybridized carbons (Fsp3) is 0.826. The van der Waals surface area contributed by atoms with Crippen molar-refractivity contribution in [2.45, 2.75) is 96.6 Å². The van der Waals surface area contributed by atoms with Gasteiger partial charge in [-0.1, -0.05) is 56.7 Å². The molecule has 1 saturated heterocycles. The molecular formula is C23H38N4O3S. The maximum Gasteiger partial charge on any atom is 0.309 e. The lowest BCUT2D eigenvalue weighted by Crippen LogP contribution is -2.52. The Hall–Kier alpha value is -1.57. The van der Waals surface area contributed by atoms with Gasteiger partial charge in [-0.3, -0.25) is 14.4 Å². The number of nitrogens with one attached hydrogen (secondary N) is 2. The van der Waals surface area contributed by atoms with Crippen molar-refractivity contribution in [2.75, 3.05) is 12.3 Å². The van der Waals surface area contributed by atoms with Crippen LogP contribution in [0.25, 0.3) is 0 Å². The van der Waals surface area contributed by atoms with E-state index >= 15 is 0 Å². The third-order valence-corrected chi connectivity index (χ3v) is 8.21. The second-order valence-corrected chi connectivity index (χ2v) is 10.2. The Kier molecular flexibility index (Phi) is 9.23. The molecule has 0 aromatic heterocycles. The minimum absolute atomic E-state index is 0.0300. The molecule has 2 amide bonds. The molecule has 2 saturated carbocycles. The molecule has 0 bridgehead atoms. The zero-order valence-electron chi connectivity index (χ0n) is 19.0. The molecule has 1 heterocycles. The molecule has 2 atom stereocenters. The molecule has 0 radical (unpaired) electrons. The average Bonchev–Trinajstić information content (AvgIpc) is 2.96. The maximum absolute atomic E-state index is 13.1. The standard InChI is InChI=1S/C23H38N4O3S/c1-3-27-16(2)15-31-23(27)26-25-22(30)20(28)19(17-11-9-6-10-12-17)24-21(29)18-13-7-4-5-8-14-18/h16-19H,3-15H2,1-2H3,(H,24,29)(H,25,30)/t16-,19?/m1/s1. The Morgan fingerprint density at radius 1 is 1.03 bits per heavy atom. The van der Waals surface area contributed by atoms with Crippen LogP contribution in [0.3, 0.4) is 0 Å². The van der Waals surface area contributed by atoms with Gasteiger partial charge in [-0.15, -0.1) is 5.10 Å². The van der Waals surface area contributed by atoms with E-state index in [-0.39, 0.29) is 17.7 Å². The van der Waals surface area contributed by atoms with Crippen LogP contribution < -0.4 is 10.7 Å². The van der Waals surface area contributed by atoms with Gasteiger partial charge >= 0.3 is 5.91 Å². The number of amidine groups is 1. The van der Waals surface area contributed by atoms with Crippen molar-refractivity contribution in [1.82, 2.24) is 15.6 Å². The highest BCUT2D eigenvalue weighted by molar-refractivity contribution is 8.14. The van der Waals surface area contributed by atoms with E-state index in [9.17, 15) is 14.4 Å². The molecule has 1 aliphatic heterocycles. The molecule has 3 fully saturated rings. The SMILES string of the molecule is CCN1C(=NNC(=O)C(=O)C(NC(=O)C2CCCCCC2)C2CCCCC2)SC[C@H]1C. The fourth-order valence-electron chi connectivity index (χ4n) is 5.07. The van der Waals surface area contributed by atoms with Crippen LogP contribution in [0.4, 0.5) is 0 Å². The predicted octanol–water partition coefficient (Wildman–Crippen LogP) is 3.44. The number of hydrogen-bond donors (Lipinski definition) is 2. The second-order valence-electron chi connectivity index (χ2n) is 9.22. The van der Waals surface area contributed by atoms with Crippen LogP contribution in [0, 0.1) is 11.8 Å². The molecular weight excluding hydrogens is 412 g/mol. The first-order chi connectivity index (χ1) is 15.0. The van der Waals surface area contributed by atoms with Gasteiger partial charge in [0.2, 0.25) is 11.7 Å². The molecule has 8 heteroatoms. The van der Waals surface area contributed by atoms with Crippen molar-refractivity contribution in [3.8, 4) is 0 Å². The van der Waals surface area contributed by atoms with Crippen molar-refractivity contribution < 1.29 is 14.4 Å². The highest BCUT2D eigenvalue weighted by Crippen LogP contribution is 2.29. The number of carbonyl (C=O) groups excluding carboxylic acids is 3. The van der Waals surface area contributed by atoms with E-state index in [2.05, 4.69) is 27.7 Å². The molecule has 3 rings (SSSR count). The minimum Gasteiger partial charge on any atom is -0.347 e. The fourth-order valence-corrected chi connectivity index (χ4v) is 6.23. The normalized spacial score (nSPS) is 25.8. The summed E-state index contributed by atoms with van der Waals surface area (Å²) in [6.45, 7) is 4.97. The van der Waals surface area contributed by atoms with Gasteiger partial charge in [-0.05, 0) is 45.4 Å². The van der Waals surface area contributed by atoms with E-state index in [1.807, 2.05) is 6.92 Å². The molecule has 2 N–H and O–H groups in total. The Morgan fingerprint density at radius 2 is 1.65 bits per heavy atom. The van der Waals surface area contributed by atoms with E-state index in [0.717, 1.165) is 75.3 Å². The van der Waals surface area contributed by atoms with E-state index in [0.29, 0.717) is 6.04 Å².